The van der Waals surface area contributed by atoms with Crippen LogP contribution in [0.15, 0.2) is 0 Å². The summed E-state index contributed by atoms with van der Waals surface area (Å²) in [4.78, 5) is 0. The second kappa shape index (κ2) is 15.4. The predicted octanol–water partition coefficient (Wildman–Crippen LogP) is 5.31. The van der Waals surface area contributed by atoms with Gasteiger partial charge in [-0.05, 0) is 29.6 Å². The minimum atomic E-state index is -0.716. The molecule has 0 bridgehead atoms. The first-order chi connectivity index (χ1) is 9.50. The molecule has 6 radical (unpaired) electrons. The zero-order valence-corrected chi connectivity index (χ0v) is 19.7. The van der Waals surface area contributed by atoms with Crippen LogP contribution in [0, 0.1) is 42.9 Å². The average molecular weight is 443 g/mol. The third kappa shape index (κ3) is 11.4. The van der Waals surface area contributed by atoms with Gasteiger partial charge in [-0.2, -0.15) is 0 Å². The van der Waals surface area contributed by atoms with Gasteiger partial charge in [-0.25, -0.2) is 0 Å². The molecule has 0 aromatic rings. The summed E-state index contributed by atoms with van der Waals surface area (Å²) < 4.78 is 15.0. The van der Waals surface area contributed by atoms with Crippen LogP contribution in [-0.4, -0.2) is 14.5 Å². The normalized spacial score (nSPS) is 17.2. The summed E-state index contributed by atoms with van der Waals surface area (Å²) in [5, 5.41) is 0. The molecule has 0 aromatic carbocycles. The van der Waals surface area contributed by atoms with E-state index >= 15 is 0 Å². The van der Waals surface area contributed by atoms with Crippen LogP contribution in [0.4, 0.5) is 0 Å². The van der Waals surface area contributed by atoms with Gasteiger partial charge in [0.05, 0.1) is 0 Å². The van der Waals surface area contributed by atoms with Crippen molar-refractivity contribution in [2.24, 2.45) is 0 Å². The fourth-order valence-corrected chi connectivity index (χ4v) is 1.41. The Morgan fingerprint density at radius 1 is 0.727 bits per heavy atom. The Hall–Kier alpha value is 0.913. The number of hydrogen-bond acceptors (Lipinski definition) is 0. The maximum Gasteiger partial charge on any atom is 0 e. The zero-order valence-electron chi connectivity index (χ0n) is 15.0. The summed E-state index contributed by atoms with van der Waals surface area (Å²) in [6, 6.07) is 0. The molecule has 2 nitrogen and oxygen atoms in total. The minimum Gasteiger partial charge on any atom is 0 e. The molecule has 0 amide bonds. The Morgan fingerprint density at radius 3 is 0.864 bits per heavy atom. The van der Waals surface area contributed by atoms with Crippen LogP contribution in [0.5, 0.6) is 0 Å². The smallest absolute Gasteiger partial charge is 0 e. The number of halogens is 1. The van der Waals surface area contributed by atoms with E-state index in [2.05, 4.69) is 89.4 Å². The van der Waals surface area contributed by atoms with Crippen molar-refractivity contribution < 1.29 is 26.4 Å². The molecule has 0 unspecified atom stereocenters. The maximum absolute atomic E-state index is 7.50. The topological polar surface area (TPSA) is 39.8 Å². The molecular formula is C16H27BrFeO2Si2. The van der Waals surface area contributed by atoms with E-state index < -0.39 is 7.59 Å². The molecule has 0 aromatic heterocycles. The van der Waals surface area contributed by atoms with E-state index in [1.807, 2.05) is 0 Å². The Balaban J connectivity index is -0.000000120. The van der Waals surface area contributed by atoms with E-state index in [0.29, 0.717) is 0 Å². The molecule has 22 heavy (non-hydrogen) atoms. The van der Waals surface area contributed by atoms with Crippen molar-refractivity contribution in [2.75, 3.05) is 0 Å². The summed E-state index contributed by atoms with van der Waals surface area (Å²) >= 11 is 3.66. The summed E-state index contributed by atoms with van der Waals surface area (Å²) in [6.07, 6.45) is 0. The van der Waals surface area contributed by atoms with E-state index in [-0.39, 0.29) is 24.0 Å². The minimum absolute atomic E-state index is 0. The van der Waals surface area contributed by atoms with Crippen molar-refractivity contribution in [1.29, 1.82) is 0 Å². The molecule has 1 aliphatic carbocycles. The first-order valence-corrected chi connectivity index (χ1v) is 15.4. The fourth-order valence-electron chi connectivity index (χ4n) is 1.41. The summed E-state index contributed by atoms with van der Waals surface area (Å²) in [5.74, 6) is 7.34. The van der Waals surface area contributed by atoms with Crippen LogP contribution in [0.3, 0.4) is 0 Å². The van der Waals surface area contributed by atoms with Crippen molar-refractivity contribution in [3.05, 3.63) is 42.9 Å². The van der Waals surface area contributed by atoms with Gasteiger partial charge in [-0.1, -0.05) is 60.8 Å². The van der Waals surface area contributed by atoms with Crippen LogP contribution in [-0.2, 0) is 26.4 Å². The summed E-state index contributed by atoms with van der Waals surface area (Å²) in [6.45, 7) is 29.4. The Kier molecular flexibility index (Phi) is 21.6. The molecule has 0 atom stereocenters. The molecule has 126 valence electrons. The molecule has 0 saturated heterocycles. The molecule has 1 rings (SSSR count). The molecule has 0 aliphatic heterocycles. The van der Waals surface area contributed by atoms with Crippen LogP contribution in [0.1, 0.15) is 34.6 Å². The van der Waals surface area contributed by atoms with Crippen molar-refractivity contribution >= 4 is 29.8 Å². The van der Waals surface area contributed by atoms with Crippen LogP contribution >= 0.6 is 15.3 Å². The van der Waals surface area contributed by atoms with E-state index in [9.17, 15) is 0 Å². The van der Waals surface area contributed by atoms with E-state index in [1.54, 1.807) is 0 Å². The molecule has 1 fully saturated rings. The standard InChI is InChI=1S/C10H15.C4H12BrSi2.2CO.Fe/c1-6-7(2)9(4)10(5)8(6)3;1-6(5)7(2,3)4;2*1-2;/h1-5H3;1-4H3;;;. The van der Waals surface area contributed by atoms with Gasteiger partial charge in [0.1, 0.15) is 6.93 Å². The molecule has 0 N–H and O–H groups in total. The van der Waals surface area contributed by atoms with Crippen molar-refractivity contribution in [3.63, 3.8) is 0 Å². The van der Waals surface area contributed by atoms with Gasteiger partial charge in [-0.3, -0.25) is 0 Å². The first-order valence-electron chi connectivity index (χ1n) is 6.60. The van der Waals surface area contributed by atoms with E-state index in [4.69, 9.17) is 9.30 Å². The molecule has 1 aliphatic rings. The van der Waals surface area contributed by atoms with Gasteiger partial charge >= 0.3 is 22.6 Å². The zero-order chi connectivity index (χ0) is 18.0. The van der Waals surface area contributed by atoms with Gasteiger partial charge in [0, 0.05) is 24.7 Å². The van der Waals surface area contributed by atoms with Crippen molar-refractivity contribution in [1.82, 2.24) is 0 Å². The molecule has 0 heterocycles. The van der Waals surface area contributed by atoms with E-state index in [1.165, 1.54) is 29.6 Å². The van der Waals surface area contributed by atoms with Crippen LogP contribution < -0.4 is 0 Å². The number of rotatable bonds is 1. The van der Waals surface area contributed by atoms with E-state index in [0.717, 1.165) is 0 Å². The van der Waals surface area contributed by atoms with Crippen LogP contribution in [0.2, 0.25) is 26.2 Å². The molecule has 1 saturated carbocycles. The number of hydrogen-bond donors (Lipinski definition) is 0. The third-order valence-corrected chi connectivity index (χ3v) is 22.8. The molecule has 0 spiro atoms. The van der Waals surface area contributed by atoms with Crippen LogP contribution in [0.25, 0.3) is 0 Å². The monoisotopic (exact) mass is 442 g/mol. The third-order valence-electron chi connectivity index (χ3n) is 3.85. The van der Waals surface area contributed by atoms with Crippen molar-refractivity contribution in [3.8, 4) is 0 Å². The summed E-state index contributed by atoms with van der Waals surface area (Å²) in [7, 11) is -0.716. The van der Waals surface area contributed by atoms with Crippen molar-refractivity contribution in [2.45, 2.75) is 60.8 Å². The average Bonchev–Trinajstić information content (AvgIpc) is 2.61. The van der Waals surface area contributed by atoms with Gasteiger partial charge in [-0.15, -0.1) is 15.3 Å². The second-order valence-corrected chi connectivity index (χ2v) is 24.0. The SMILES string of the molecule is C[C]1[C](C)[C](C)[C](C)[C]1C.C[Si](Br)[Si](C)(C)C.[C-]#[O+].[C-]#[O+].[Fe]. The van der Waals surface area contributed by atoms with Gasteiger partial charge < -0.3 is 0 Å². The fraction of sp³-hybridized carbons (Fsp3) is 0.562. The van der Waals surface area contributed by atoms with Gasteiger partial charge in [0.2, 0.25) is 0 Å². The van der Waals surface area contributed by atoms with Gasteiger partial charge in [0.25, 0.3) is 0 Å². The Labute approximate surface area is 159 Å². The predicted molar refractivity (Wildman–Crippen MR) is 96.3 cm³/mol. The second-order valence-electron chi connectivity index (χ2n) is 5.91. The first kappa shape index (κ1) is 30.8. The largest absolute Gasteiger partial charge is 0 e. The Bertz CT molecular complexity index is 253. The maximum atomic E-state index is 7.50. The molecule has 6 heteroatoms. The Morgan fingerprint density at radius 2 is 0.818 bits per heavy atom. The summed E-state index contributed by atoms with van der Waals surface area (Å²) in [5.41, 5.74) is 0. The quantitative estimate of drug-likeness (QED) is 0.228. The molecular weight excluding hydrogens is 416 g/mol. The van der Waals surface area contributed by atoms with Gasteiger partial charge in [0.15, 0.2) is 0 Å².